The predicted octanol–water partition coefficient (Wildman–Crippen LogP) is 4.12. The number of aliphatic carboxylic acids is 1. The summed E-state index contributed by atoms with van der Waals surface area (Å²) in [7, 11) is 0. The molecule has 2 aromatic rings. The van der Waals surface area contributed by atoms with Crippen molar-refractivity contribution in [1.29, 1.82) is 0 Å². The lowest BCUT2D eigenvalue weighted by molar-refractivity contribution is -0.143. The number of carbonyl (C=O) groups excluding carboxylic acids is 1. The molecular weight excluding hydrogens is 332 g/mol. The number of piperidine rings is 1. The summed E-state index contributed by atoms with van der Waals surface area (Å²) in [6.45, 7) is 2.93. The van der Waals surface area contributed by atoms with Crippen LogP contribution in [0.2, 0.25) is 0 Å². The summed E-state index contributed by atoms with van der Waals surface area (Å²) >= 11 is 0. The Morgan fingerprint density at radius 2 is 1.54 bits per heavy atom. The number of amides is 2. The van der Waals surface area contributed by atoms with Gasteiger partial charge in [-0.05, 0) is 56.2 Å². The molecular formula is C20H22N2O4. The fraction of sp³-hybridized carbons (Fsp3) is 0.300. The molecule has 1 saturated heterocycles. The Hall–Kier alpha value is -3.02. The number of nitrogens with zero attached hydrogens (tertiary/aromatic N) is 1. The fourth-order valence-corrected chi connectivity index (χ4v) is 2.88. The third-order valence-corrected chi connectivity index (χ3v) is 4.49. The molecule has 1 aliphatic rings. The Kier molecular flexibility index (Phi) is 5.41. The highest BCUT2D eigenvalue weighted by molar-refractivity contribution is 5.89. The smallest absolute Gasteiger partial charge is 0.321 e. The number of hydrogen-bond donors (Lipinski definition) is 2. The van der Waals surface area contributed by atoms with E-state index < -0.39 is 5.97 Å². The molecule has 2 amide bonds. The molecule has 136 valence electrons. The van der Waals surface area contributed by atoms with Crippen molar-refractivity contribution >= 4 is 17.7 Å². The molecule has 3 rings (SSSR count). The third-order valence-electron chi connectivity index (χ3n) is 4.49. The molecule has 0 radical (unpaired) electrons. The van der Waals surface area contributed by atoms with E-state index in [1.165, 1.54) is 5.56 Å². The van der Waals surface area contributed by atoms with Crippen molar-refractivity contribution in [2.45, 2.75) is 19.8 Å². The van der Waals surface area contributed by atoms with Gasteiger partial charge in [0, 0.05) is 18.8 Å². The van der Waals surface area contributed by atoms with Gasteiger partial charge in [0.1, 0.15) is 11.5 Å². The third kappa shape index (κ3) is 4.53. The number of carboxylic acids is 1. The minimum Gasteiger partial charge on any atom is -0.481 e. The largest absolute Gasteiger partial charge is 0.481 e. The Morgan fingerprint density at radius 1 is 1.00 bits per heavy atom. The topological polar surface area (TPSA) is 78.9 Å². The minimum absolute atomic E-state index is 0.207. The molecule has 0 spiro atoms. The highest BCUT2D eigenvalue weighted by Gasteiger charge is 2.26. The number of ether oxygens (including phenoxy) is 1. The van der Waals surface area contributed by atoms with Crippen LogP contribution in [-0.2, 0) is 4.79 Å². The normalized spacial score (nSPS) is 14.7. The number of benzene rings is 2. The molecule has 6 heteroatoms. The van der Waals surface area contributed by atoms with Gasteiger partial charge in [0.2, 0.25) is 0 Å². The van der Waals surface area contributed by atoms with Crippen LogP contribution in [0.15, 0.2) is 48.5 Å². The lowest BCUT2D eigenvalue weighted by Gasteiger charge is -2.30. The first-order valence-corrected chi connectivity index (χ1v) is 8.64. The predicted molar refractivity (Wildman–Crippen MR) is 98.6 cm³/mol. The van der Waals surface area contributed by atoms with Crippen molar-refractivity contribution in [3.8, 4) is 11.5 Å². The molecule has 2 aromatic carbocycles. The summed E-state index contributed by atoms with van der Waals surface area (Å²) in [6, 6.07) is 14.7. The summed E-state index contributed by atoms with van der Waals surface area (Å²) in [5.74, 6) is 0.314. The van der Waals surface area contributed by atoms with E-state index in [-0.39, 0.29) is 11.9 Å². The van der Waals surface area contributed by atoms with Crippen LogP contribution in [-0.4, -0.2) is 35.1 Å². The SMILES string of the molecule is Cc1ccc(Oc2ccc(NC(=O)N3CCC(C(=O)O)CC3)cc2)cc1. The maximum Gasteiger partial charge on any atom is 0.321 e. The summed E-state index contributed by atoms with van der Waals surface area (Å²) in [6.07, 6.45) is 0.984. The van der Waals surface area contributed by atoms with Crippen LogP contribution in [0.1, 0.15) is 18.4 Å². The second-order valence-corrected chi connectivity index (χ2v) is 6.47. The number of rotatable bonds is 4. The van der Waals surface area contributed by atoms with Gasteiger partial charge in [-0.15, -0.1) is 0 Å². The molecule has 0 bridgehead atoms. The molecule has 0 saturated carbocycles. The van der Waals surface area contributed by atoms with Crippen LogP contribution in [0.4, 0.5) is 10.5 Å². The molecule has 1 fully saturated rings. The standard InChI is InChI=1S/C20H22N2O4/c1-14-2-6-17(7-3-14)26-18-8-4-16(5-9-18)21-20(25)22-12-10-15(11-13-22)19(23)24/h2-9,15H,10-13H2,1H3,(H,21,25)(H,23,24). The van der Waals surface area contributed by atoms with Gasteiger partial charge in [-0.1, -0.05) is 17.7 Å². The maximum atomic E-state index is 12.3. The van der Waals surface area contributed by atoms with Gasteiger partial charge in [0.25, 0.3) is 0 Å². The van der Waals surface area contributed by atoms with Crippen LogP contribution in [0.25, 0.3) is 0 Å². The average molecular weight is 354 g/mol. The Bertz CT molecular complexity index is 763. The molecule has 1 aliphatic heterocycles. The molecule has 0 aliphatic carbocycles. The number of aryl methyl sites for hydroxylation is 1. The number of hydrogen-bond acceptors (Lipinski definition) is 3. The van der Waals surface area contributed by atoms with Gasteiger partial charge in [-0.25, -0.2) is 4.79 Å². The summed E-state index contributed by atoms with van der Waals surface area (Å²) in [5, 5.41) is 11.9. The molecule has 2 N–H and O–H groups in total. The zero-order chi connectivity index (χ0) is 18.5. The van der Waals surface area contributed by atoms with E-state index >= 15 is 0 Å². The lowest BCUT2D eigenvalue weighted by atomic mass is 9.97. The highest BCUT2D eigenvalue weighted by Crippen LogP contribution is 2.24. The average Bonchev–Trinajstić information content (AvgIpc) is 2.65. The zero-order valence-electron chi connectivity index (χ0n) is 14.6. The van der Waals surface area contributed by atoms with Gasteiger partial charge in [-0.2, -0.15) is 0 Å². The van der Waals surface area contributed by atoms with Gasteiger partial charge in [-0.3, -0.25) is 4.79 Å². The van der Waals surface area contributed by atoms with E-state index in [4.69, 9.17) is 9.84 Å². The van der Waals surface area contributed by atoms with Gasteiger partial charge in [0.05, 0.1) is 5.92 Å². The van der Waals surface area contributed by atoms with Crippen LogP contribution < -0.4 is 10.1 Å². The van der Waals surface area contributed by atoms with Gasteiger partial charge >= 0.3 is 12.0 Å². The summed E-state index contributed by atoms with van der Waals surface area (Å²) in [5.41, 5.74) is 1.84. The monoisotopic (exact) mass is 354 g/mol. The maximum absolute atomic E-state index is 12.3. The van der Waals surface area contributed by atoms with E-state index in [0.29, 0.717) is 37.4 Å². The Labute approximate surface area is 152 Å². The molecule has 0 unspecified atom stereocenters. The quantitative estimate of drug-likeness (QED) is 0.866. The van der Waals surface area contributed by atoms with E-state index in [0.717, 1.165) is 5.75 Å². The number of carbonyl (C=O) groups is 2. The second kappa shape index (κ2) is 7.91. The van der Waals surface area contributed by atoms with Crippen molar-refractivity contribution in [2.24, 2.45) is 5.92 Å². The molecule has 26 heavy (non-hydrogen) atoms. The van der Waals surface area contributed by atoms with Crippen molar-refractivity contribution in [1.82, 2.24) is 4.90 Å². The number of carboxylic acid groups (broad SMARTS) is 1. The molecule has 6 nitrogen and oxygen atoms in total. The Balaban J connectivity index is 1.53. The molecule has 1 heterocycles. The second-order valence-electron chi connectivity index (χ2n) is 6.47. The highest BCUT2D eigenvalue weighted by atomic mass is 16.5. The first-order valence-electron chi connectivity index (χ1n) is 8.64. The lowest BCUT2D eigenvalue weighted by Crippen LogP contribution is -2.42. The minimum atomic E-state index is -0.783. The number of urea groups is 1. The first kappa shape index (κ1) is 17.8. The van der Waals surface area contributed by atoms with Crippen LogP contribution in [0.3, 0.4) is 0 Å². The van der Waals surface area contributed by atoms with Crippen LogP contribution in [0.5, 0.6) is 11.5 Å². The van der Waals surface area contributed by atoms with Crippen molar-refractivity contribution in [3.05, 3.63) is 54.1 Å². The van der Waals surface area contributed by atoms with Crippen molar-refractivity contribution in [2.75, 3.05) is 18.4 Å². The van der Waals surface area contributed by atoms with E-state index in [2.05, 4.69) is 5.32 Å². The number of nitrogens with one attached hydrogen (secondary N) is 1. The Morgan fingerprint density at radius 3 is 2.08 bits per heavy atom. The molecule has 0 atom stereocenters. The fourth-order valence-electron chi connectivity index (χ4n) is 2.88. The van der Waals surface area contributed by atoms with E-state index in [9.17, 15) is 9.59 Å². The molecule has 0 aromatic heterocycles. The number of anilines is 1. The van der Waals surface area contributed by atoms with Crippen LogP contribution >= 0.6 is 0 Å². The van der Waals surface area contributed by atoms with Gasteiger partial charge in [0.15, 0.2) is 0 Å². The number of likely N-dealkylation sites (tertiary alicyclic amines) is 1. The van der Waals surface area contributed by atoms with Crippen molar-refractivity contribution in [3.63, 3.8) is 0 Å². The van der Waals surface area contributed by atoms with E-state index in [1.807, 2.05) is 31.2 Å². The summed E-state index contributed by atoms with van der Waals surface area (Å²) < 4.78 is 5.77. The first-order chi connectivity index (χ1) is 12.5. The van der Waals surface area contributed by atoms with Crippen molar-refractivity contribution < 1.29 is 19.4 Å². The summed E-state index contributed by atoms with van der Waals surface area (Å²) in [4.78, 5) is 24.9. The zero-order valence-corrected chi connectivity index (χ0v) is 14.6. The van der Waals surface area contributed by atoms with Crippen LogP contribution in [0, 0.1) is 12.8 Å². The van der Waals surface area contributed by atoms with E-state index in [1.54, 1.807) is 29.2 Å². The van der Waals surface area contributed by atoms with Gasteiger partial charge < -0.3 is 20.1 Å².